The Morgan fingerprint density at radius 3 is 1.94 bits per heavy atom. The lowest BCUT2D eigenvalue weighted by Gasteiger charge is -2.28. The van der Waals surface area contributed by atoms with E-state index in [1.54, 1.807) is 67.5 Å². The fourth-order valence-corrected chi connectivity index (χ4v) is 4.85. The highest BCUT2D eigenvalue weighted by atomic mass is 32.2. The smallest absolute Gasteiger partial charge is 0.303 e. The number of ether oxygens (including phenoxy) is 1. The molecule has 8 nitrogen and oxygen atoms in total. The van der Waals surface area contributed by atoms with E-state index in [0.29, 0.717) is 17.9 Å². The Morgan fingerprint density at radius 2 is 1.44 bits per heavy atom. The number of carbonyl (C=O) groups is 1. The van der Waals surface area contributed by atoms with Gasteiger partial charge in [-0.3, -0.25) is 9.69 Å². The van der Waals surface area contributed by atoms with Crippen molar-refractivity contribution in [2.75, 3.05) is 14.1 Å². The van der Waals surface area contributed by atoms with E-state index in [2.05, 4.69) is 4.72 Å². The van der Waals surface area contributed by atoms with Crippen LogP contribution >= 0.6 is 0 Å². The van der Waals surface area contributed by atoms with Gasteiger partial charge in [0.15, 0.2) is 0 Å². The van der Waals surface area contributed by atoms with Crippen LogP contribution in [-0.2, 0) is 27.7 Å². The normalized spacial score (nSPS) is 13.4. The molecule has 0 amide bonds. The second-order valence-corrected chi connectivity index (χ2v) is 10.6. The minimum absolute atomic E-state index is 0.0758. The van der Waals surface area contributed by atoms with E-state index in [1.165, 1.54) is 0 Å². The highest BCUT2D eigenvalue weighted by Gasteiger charge is 2.27. The summed E-state index contributed by atoms with van der Waals surface area (Å²) >= 11 is 0. The molecule has 0 spiro atoms. The summed E-state index contributed by atoms with van der Waals surface area (Å²) in [6.45, 7) is 1.88. The van der Waals surface area contributed by atoms with Crippen molar-refractivity contribution in [1.29, 1.82) is 0 Å². The molecular formula is C27H32N2O6S. The number of hydrogen-bond donors (Lipinski definition) is 3. The summed E-state index contributed by atoms with van der Waals surface area (Å²) in [4.78, 5) is 12.4. The Balaban J connectivity index is 1.68. The van der Waals surface area contributed by atoms with Gasteiger partial charge in [0, 0.05) is 6.42 Å². The Kier molecular flexibility index (Phi) is 9.22. The molecule has 1 unspecified atom stereocenters. The molecule has 0 aliphatic rings. The van der Waals surface area contributed by atoms with Crippen LogP contribution in [0.5, 0.6) is 11.5 Å². The van der Waals surface area contributed by atoms with Crippen LogP contribution in [0.3, 0.4) is 0 Å². The molecule has 0 heterocycles. The number of hydrogen-bond acceptors (Lipinski definition) is 6. The quantitative estimate of drug-likeness (QED) is 0.318. The minimum Gasteiger partial charge on any atom is -0.481 e. The van der Waals surface area contributed by atoms with E-state index in [1.807, 2.05) is 31.2 Å². The van der Waals surface area contributed by atoms with Crippen LogP contribution < -0.4 is 9.46 Å². The van der Waals surface area contributed by atoms with E-state index in [-0.39, 0.29) is 17.7 Å². The van der Waals surface area contributed by atoms with Crippen LogP contribution in [0.2, 0.25) is 0 Å². The number of aliphatic carboxylic acids is 1. The van der Waals surface area contributed by atoms with E-state index in [4.69, 9.17) is 9.84 Å². The predicted octanol–water partition coefficient (Wildman–Crippen LogP) is 3.57. The number of rotatable bonds is 12. The Labute approximate surface area is 212 Å². The molecule has 192 valence electrons. The molecule has 0 saturated carbocycles. The number of aliphatic hydroxyl groups is 1. The number of nitrogens with zero attached hydrogens (tertiary/aromatic N) is 1. The van der Waals surface area contributed by atoms with Crippen molar-refractivity contribution in [3.63, 3.8) is 0 Å². The molecule has 0 aromatic heterocycles. The van der Waals surface area contributed by atoms with Crippen molar-refractivity contribution >= 4 is 16.0 Å². The van der Waals surface area contributed by atoms with Crippen molar-refractivity contribution in [2.45, 2.75) is 43.4 Å². The molecule has 0 saturated heterocycles. The third-order valence-electron chi connectivity index (χ3n) is 5.69. The van der Waals surface area contributed by atoms with Crippen molar-refractivity contribution in [2.24, 2.45) is 0 Å². The molecule has 0 fully saturated rings. The molecule has 3 N–H and O–H groups in total. The largest absolute Gasteiger partial charge is 0.481 e. The highest BCUT2D eigenvalue weighted by Crippen LogP contribution is 2.23. The number of aryl methyl sites for hydroxylation is 2. The zero-order valence-electron chi connectivity index (χ0n) is 20.6. The standard InChI is InChI=1S/C27H32N2O6S/c1-19-4-15-24(16-5-19)36(33,34)28-25(27(32)29(2)3)18-21-8-13-23(14-9-21)35-22-11-6-20(7-12-22)10-17-26(30)31/h4-9,11-16,25,27-28,32H,10,17-18H2,1-3H3,(H,30,31)/t25-,27?/m1/s1. The van der Waals surface area contributed by atoms with E-state index < -0.39 is 28.3 Å². The molecule has 3 rings (SSSR count). The van der Waals surface area contributed by atoms with Gasteiger partial charge in [0.1, 0.15) is 17.7 Å². The molecule has 9 heteroatoms. The van der Waals surface area contributed by atoms with Crippen LogP contribution in [0.4, 0.5) is 0 Å². The first-order valence-electron chi connectivity index (χ1n) is 11.5. The van der Waals surface area contributed by atoms with Gasteiger partial charge in [0.2, 0.25) is 10.0 Å². The van der Waals surface area contributed by atoms with Crippen molar-refractivity contribution < 1.29 is 28.2 Å². The number of carboxylic acid groups (broad SMARTS) is 1. The van der Waals surface area contributed by atoms with Gasteiger partial charge >= 0.3 is 5.97 Å². The topological polar surface area (TPSA) is 116 Å². The second-order valence-electron chi connectivity index (χ2n) is 8.91. The zero-order chi connectivity index (χ0) is 26.3. The molecule has 2 atom stereocenters. The average Bonchev–Trinajstić information content (AvgIpc) is 2.84. The molecule has 0 radical (unpaired) electrons. The summed E-state index contributed by atoms with van der Waals surface area (Å²) in [5, 5.41) is 19.5. The van der Waals surface area contributed by atoms with Crippen molar-refractivity contribution in [3.05, 3.63) is 89.5 Å². The Hall–Kier alpha value is -3.24. The Morgan fingerprint density at radius 1 is 0.917 bits per heavy atom. The van der Waals surface area contributed by atoms with Gasteiger partial charge in [0.25, 0.3) is 0 Å². The number of carboxylic acids is 1. The van der Waals surface area contributed by atoms with Gasteiger partial charge in [-0.2, -0.15) is 0 Å². The number of sulfonamides is 1. The van der Waals surface area contributed by atoms with Crippen LogP contribution in [0.15, 0.2) is 77.7 Å². The van der Waals surface area contributed by atoms with E-state index >= 15 is 0 Å². The molecule has 3 aromatic rings. The van der Waals surface area contributed by atoms with E-state index in [9.17, 15) is 18.3 Å². The number of likely N-dealkylation sites (N-methyl/N-ethyl adjacent to an activating group) is 1. The highest BCUT2D eigenvalue weighted by molar-refractivity contribution is 7.89. The SMILES string of the molecule is Cc1ccc(S(=O)(=O)N[C@H](Cc2ccc(Oc3ccc(CCC(=O)O)cc3)cc2)C(O)N(C)C)cc1. The minimum atomic E-state index is -3.83. The van der Waals surface area contributed by atoms with Crippen molar-refractivity contribution in [1.82, 2.24) is 9.62 Å². The first kappa shape index (κ1) is 27.3. The lowest BCUT2D eigenvalue weighted by molar-refractivity contribution is -0.136. The fraction of sp³-hybridized carbons (Fsp3) is 0.296. The molecule has 3 aromatic carbocycles. The van der Waals surface area contributed by atoms with Gasteiger partial charge in [0.05, 0.1) is 10.9 Å². The number of nitrogens with one attached hydrogen (secondary N) is 1. The van der Waals surface area contributed by atoms with Gasteiger partial charge < -0.3 is 14.9 Å². The summed E-state index contributed by atoms with van der Waals surface area (Å²) in [7, 11) is -0.466. The van der Waals surface area contributed by atoms with Crippen LogP contribution in [0.1, 0.15) is 23.1 Å². The van der Waals surface area contributed by atoms with Gasteiger partial charge in [-0.15, -0.1) is 0 Å². The van der Waals surface area contributed by atoms with Gasteiger partial charge in [-0.25, -0.2) is 13.1 Å². The monoisotopic (exact) mass is 512 g/mol. The maximum Gasteiger partial charge on any atom is 0.303 e. The summed E-state index contributed by atoms with van der Waals surface area (Å²) in [5.41, 5.74) is 2.69. The maximum atomic E-state index is 12.9. The average molecular weight is 513 g/mol. The summed E-state index contributed by atoms with van der Waals surface area (Å²) in [5.74, 6) is 0.384. The second kappa shape index (κ2) is 12.1. The van der Waals surface area contributed by atoms with Crippen molar-refractivity contribution in [3.8, 4) is 11.5 Å². The third kappa shape index (κ3) is 7.89. The molecular weight excluding hydrogens is 480 g/mol. The molecule has 36 heavy (non-hydrogen) atoms. The number of aliphatic hydroxyl groups excluding tert-OH is 1. The fourth-order valence-electron chi connectivity index (χ4n) is 3.61. The molecule has 0 aliphatic carbocycles. The van der Waals surface area contributed by atoms with Gasteiger partial charge in [-0.1, -0.05) is 42.0 Å². The maximum absolute atomic E-state index is 12.9. The van der Waals surface area contributed by atoms with Gasteiger partial charge in [-0.05, 0) is 81.4 Å². The first-order chi connectivity index (χ1) is 17.0. The lowest BCUT2D eigenvalue weighted by Crippen LogP contribution is -2.50. The predicted molar refractivity (Wildman–Crippen MR) is 138 cm³/mol. The molecule has 0 aliphatic heterocycles. The Bertz CT molecular complexity index is 1240. The third-order valence-corrected chi connectivity index (χ3v) is 7.20. The zero-order valence-corrected chi connectivity index (χ0v) is 21.4. The lowest BCUT2D eigenvalue weighted by atomic mass is 10.0. The van der Waals surface area contributed by atoms with Crippen LogP contribution in [0, 0.1) is 6.92 Å². The summed E-state index contributed by atoms with van der Waals surface area (Å²) in [6.07, 6.45) is -0.242. The van der Waals surface area contributed by atoms with Crippen LogP contribution in [-0.4, -0.2) is 55.9 Å². The first-order valence-corrected chi connectivity index (χ1v) is 13.0. The molecule has 0 bridgehead atoms. The van der Waals surface area contributed by atoms with E-state index in [0.717, 1.165) is 16.7 Å². The summed E-state index contributed by atoms with van der Waals surface area (Å²) in [6, 6.07) is 20.2. The summed E-state index contributed by atoms with van der Waals surface area (Å²) < 4.78 is 34.4. The number of benzene rings is 3. The van der Waals surface area contributed by atoms with Crippen LogP contribution in [0.25, 0.3) is 0 Å².